The maximum atomic E-state index is 4.37. The largest absolute Gasteiger partial charge is 0.335 e. The van der Waals surface area contributed by atoms with Crippen LogP contribution in [0.5, 0.6) is 0 Å². The van der Waals surface area contributed by atoms with E-state index in [1.807, 2.05) is 18.3 Å². The first-order valence-corrected chi connectivity index (χ1v) is 9.45. The molecule has 0 N–H and O–H groups in total. The molecular weight excluding hydrogens is 304 g/mol. The van der Waals surface area contributed by atoms with Gasteiger partial charge in [-0.15, -0.1) is 0 Å². The van der Waals surface area contributed by atoms with E-state index in [0.717, 1.165) is 13.0 Å². The van der Waals surface area contributed by atoms with E-state index < -0.39 is 0 Å². The van der Waals surface area contributed by atoms with Crippen LogP contribution in [0.1, 0.15) is 45.4 Å². The topological polar surface area (TPSA) is 17.8 Å². The molecule has 1 aromatic heterocycles. The maximum absolute atomic E-state index is 4.37. The standard InChI is InChI=1S/C12H10.C11H20N2/c1-3-7-11(8-4-1)12-9-5-2-6-10-12;1-3-5-7-11-12-8-10-13(11)9-6-4-2/h1-10H;8,10H,3-7,9H2,1-2H3. The van der Waals surface area contributed by atoms with Gasteiger partial charge in [-0.25, -0.2) is 4.98 Å². The van der Waals surface area contributed by atoms with Crippen LogP contribution in [0.15, 0.2) is 73.1 Å². The number of hydrogen-bond acceptors (Lipinski definition) is 1. The Kier molecular flexibility index (Phi) is 8.54. The van der Waals surface area contributed by atoms with Crippen molar-refractivity contribution >= 4 is 0 Å². The number of rotatable bonds is 7. The minimum atomic E-state index is 1.13. The summed E-state index contributed by atoms with van der Waals surface area (Å²) in [6.07, 6.45) is 10.2. The van der Waals surface area contributed by atoms with Gasteiger partial charge in [-0.1, -0.05) is 87.4 Å². The highest BCUT2D eigenvalue weighted by molar-refractivity contribution is 5.62. The summed E-state index contributed by atoms with van der Waals surface area (Å²) in [5.74, 6) is 1.26. The summed E-state index contributed by atoms with van der Waals surface area (Å²) >= 11 is 0. The second-order valence-electron chi connectivity index (χ2n) is 6.23. The molecule has 3 rings (SSSR count). The SMILES string of the molecule is CCCCc1nccn1CCCC.c1ccc(-c2ccccc2)cc1. The smallest absolute Gasteiger partial charge is 0.108 e. The Hall–Kier alpha value is -2.35. The first-order chi connectivity index (χ1) is 12.3. The van der Waals surface area contributed by atoms with E-state index in [1.165, 1.54) is 42.6 Å². The number of unbranched alkanes of at least 4 members (excludes halogenated alkanes) is 2. The van der Waals surface area contributed by atoms with Crippen LogP contribution in [0.2, 0.25) is 0 Å². The normalized spacial score (nSPS) is 10.2. The molecular formula is C23H30N2. The molecule has 25 heavy (non-hydrogen) atoms. The molecule has 3 aromatic rings. The third kappa shape index (κ3) is 6.58. The molecule has 0 spiro atoms. The minimum absolute atomic E-state index is 1.13. The van der Waals surface area contributed by atoms with Crippen LogP contribution < -0.4 is 0 Å². The Labute approximate surface area is 152 Å². The van der Waals surface area contributed by atoms with Crippen molar-refractivity contribution in [2.45, 2.75) is 52.5 Å². The number of imidazole rings is 1. The Bertz CT molecular complexity index is 626. The number of aromatic nitrogens is 2. The number of aryl methyl sites for hydroxylation is 2. The van der Waals surface area contributed by atoms with Gasteiger partial charge < -0.3 is 4.57 Å². The van der Waals surface area contributed by atoms with Crippen LogP contribution in [0, 0.1) is 0 Å². The second kappa shape index (κ2) is 11.2. The lowest BCUT2D eigenvalue weighted by molar-refractivity contribution is 0.591. The summed E-state index contributed by atoms with van der Waals surface area (Å²) in [7, 11) is 0. The molecule has 1 heterocycles. The van der Waals surface area contributed by atoms with Crippen molar-refractivity contribution < 1.29 is 0 Å². The van der Waals surface area contributed by atoms with Gasteiger partial charge in [-0.05, 0) is 24.0 Å². The molecule has 0 aliphatic carbocycles. The zero-order valence-electron chi connectivity index (χ0n) is 15.6. The van der Waals surface area contributed by atoms with E-state index in [9.17, 15) is 0 Å². The van der Waals surface area contributed by atoms with Crippen LogP contribution in [0.4, 0.5) is 0 Å². The van der Waals surface area contributed by atoms with Crippen molar-refractivity contribution in [3.8, 4) is 11.1 Å². The highest BCUT2D eigenvalue weighted by Gasteiger charge is 2.00. The first-order valence-electron chi connectivity index (χ1n) is 9.45. The van der Waals surface area contributed by atoms with E-state index in [0.29, 0.717) is 0 Å². The molecule has 2 nitrogen and oxygen atoms in total. The van der Waals surface area contributed by atoms with Crippen molar-refractivity contribution in [3.05, 3.63) is 78.9 Å². The molecule has 0 amide bonds. The molecule has 132 valence electrons. The van der Waals surface area contributed by atoms with E-state index in [-0.39, 0.29) is 0 Å². The third-order valence-corrected chi connectivity index (χ3v) is 4.19. The molecule has 0 atom stereocenters. The Morgan fingerprint density at radius 3 is 1.84 bits per heavy atom. The fourth-order valence-corrected chi connectivity index (χ4v) is 2.70. The van der Waals surface area contributed by atoms with Gasteiger partial charge in [-0.3, -0.25) is 0 Å². The first kappa shape index (κ1) is 19.0. The van der Waals surface area contributed by atoms with Crippen LogP contribution in [0.25, 0.3) is 11.1 Å². The predicted molar refractivity (Wildman–Crippen MR) is 108 cm³/mol. The van der Waals surface area contributed by atoms with Gasteiger partial charge in [0.25, 0.3) is 0 Å². The van der Waals surface area contributed by atoms with Crippen molar-refractivity contribution in [2.75, 3.05) is 0 Å². The average Bonchev–Trinajstić information content (AvgIpc) is 3.14. The minimum Gasteiger partial charge on any atom is -0.335 e. The highest BCUT2D eigenvalue weighted by Crippen LogP contribution is 2.17. The van der Waals surface area contributed by atoms with Crippen LogP contribution in [0.3, 0.4) is 0 Å². The lowest BCUT2D eigenvalue weighted by Gasteiger charge is -2.05. The summed E-state index contributed by atoms with van der Waals surface area (Å²) in [6, 6.07) is 20.8. The second-order valence-corrected chi connectivity index (χ2v) is 6.23. The van der Waals surface area contributed by atoms with Gasteiger partial charge in [0.2, 0.25) is 0 Å². The molecule has 0 unspecified atom stereocenters. The molecule has 0 aliphatic heterocycles. The third-order valence-electron chi connectivity index (χ3n) is 4.19. The molecule has 0 bridgehead atoms. The molecule has 2 aromatic carbocycles. The van der Waals surface area contributed by atoms with Crippen molar-refractivity contribution in [3.63, 3.8) is 0 Å². The van der Waals surface area contributed by atoms with Gasteiger partial charge in [-0.2, -0.15) is 0 Å². The van der Waals surface area contributed by atoms with Crippen molar-refractivity contribution in [1.29, 1.82) is 0 Å². The lowest BCUT2D eigenvalue weighted by atomic mass is 10.1. The summed E-state index contributed by atoms with van der Waals surface area (Å²) in [6.45, 7) is 5.58. The van der Waals surface area contributed by atoms with Crippen molar-refractivity contribution in [1.82, 2.24) is 9.55 Å². The van der Waals surface area contributed by atoms with Crippen LogP contribution in [-0.4, -0.2) is 9.55 Å². The van der Waals surface area contributed by atoms with Gasteiger partial charge >= 0.3 is 0 Å². The molecule has 0 fully saturated rings. The molecule has 0 aliphatic rings. The fourth-order valence-electron chi connectivity index (χ4n) is 2.70. The number of hydrogen-bond donors (Lipinski definition) is 0. The van der Waals surface area contributed by atoms with E-state index in [2.05, 4.69) is 78.1 Å². The molecule has 0 saturated carbocycles. The fraction of sp³-hybridized carbons (Fsp3) is 0.348. The Morgan fingerprint density at radius 1 is 0.760 bits per heavy atom. The summed E-state index contributed by atoms with van der Waals surface area (Å²) in [5, 5.41) is 0. The zero-order chi connectivity index (χ0) is 17.7. The van der Waals surface area contributed by atoms with Gasteiger partial charge in [0.15, 0.2) is 0 Å². The van der Waals surface area contributed by atoms with Gasteiger partial charge in [0.1, 0.15) is 5.82 Å². The summed E-state index contributed by atoms with van der Waals surface area (Å²) in [5.41, 5.74) is 2.55. The Balaban J connectivity index is 0.000000181. The van der Waals surface area contributed by atoms with Crippen molar-refractivity contribution in [2.24, 2.45) is 0 Å². The van der Waals surface area contributed by atoms with E-state index in [1.54, 1.807) is 0 Å². The molecule has 0 radical (unpaired) electrons. The zero-order valence-corrected chi connectivity index (χ0v) is 15.6. The summed E-state index contributed by atoms with van der Waals surface area (Å²) in [4.78, 5) is 4.37. The molecule has 0 saturated heterocycles. The molecule has 2 heteroatoms. The number of nitrogens with zero attached hydrogens (tertiary/aromatic N) is 2. The average molecular weight is 335 g/mol. The monoisotopic (exact) mass is 334 g/mol. The number of benzene rings is 2. The van der Waals surface area contributed by atoms with E-state index >= 15 is 0 Å². The van der Waals surface area contributed by atoms with Crippen LogP contribution >= 0.6 is 0 Å². The summed E-state index contributed by atoms with van der Waals surface area (Å²) < 4.78 is 2.29. The van der Waals surface area contributed by atoms with E-state index in [4.69, 9.17) is 0 Å². The highest BCUT2D eigenvalue weighted by atomic mass is 15.1. The quantitative estimate of drug-likeness (QED) is 0.490. The lowest BCUT2D eigenvalue weighted by Crippen LogP contribution is -2.02. The van der Waals surface area contributed by atoms with Crippen LogP contribution in [-0.2, 0) is 13.0 Å². The predicted octanol–water partition coefficient (Wildman–Crippen LogP) is 6.38. The van der Waals surface area contributed by atoms with Gasteiger partial charge in [0.05, 0.1) is 0 Å². The Morgan fingerprint density at radius 2 is 1.32 bits per heavy atom. The van der Waals surface area contributed by atoms with Gasteiger partial charge in [0, 0.05) is 25.4 Å². The maximum Gasteiger partial charge on any atom is 0.108 e.